The van der Waals surface area contributed by atoms with Gasteiger partial charge in [0.05, 0.1) is 18.3 Å². The summed E-state index contributed by atoms with van der Waals surface area (Å²) in [5.74, 6) is 0.118. The average molecular weight is 252 g/mol. The molecule has 1 aromatic rings. The Morgan fingerprint density at radius 2 is 2.06 bits per heavy atom. The molecule has 0 aliphatic heterocycles. The van der Waals surface area contributed by atoms with Gasteiger partial charge in [0.15, 0.2) is 11.5 Å². The first kappa shape index (κ1) is 14.4. The molecule has 0 aliphatic carbocycles. The zero-order valence-electron chi connectivity index (χ0n) is 11.1. The summed E-state index contributed by atoms with van der Waals surface area (Å²) in [6.45, 7) is 6.41. The van der Waals surface area contributed by atoms with Gasteiger partial charge in [0.25, 0.3) is 0 Å². The molecule has 0 bridgehead atoms. The van der Waals surface area contributed by atoms with Crippen LogP contribution in [0.3, 0.4) is 0 Å². The Labute approximate surface area is 108 Å². The number of benzene rings is 1. The normalized spacial score (nSPS) is 11.9. The second kappa shape index (κ2) is 6.89. The van der Waals surface area contributed by atoms with Gasteiger partial charge in [-0.25, -0.2) is 4.79 Å². The fraction of sp³-hybridized carbons (Fsp3) is 0.500. The Balaban J connectivity index is 2.92. The Kier molecular flexibility index (Phi) is 5.49. The van der Waals surface area contributed by atoms with E-state index in [1.54, 1.807) is 6.07 Å². The van der Waals surface area contributed by atoms with Crippen LogP contribution in [0.15, 0.2) is 18.2 Å². The molecule has 100 valence electrons. The van der Waals surface area contributed by atoms with Crippen molar-refractivity contribution in [2.24, 2.45) is 0 Å². The summed E-state index contributed by atoms with van der Waals surface area (Å²) in [5.41, 5.74) is 0.203. The molecule has 0 spiro atoms. The summed E-state index contributed by atoms with van der Waals surface area (Å²) in [7, 11) is 0. The molecule has 18 heavy (non-hydrogen) atoms. The SMILES string of the molecule is CCCC(C)Oc1ccc(C(=O)O)cc1OCC. The Bertz CT molecular complexity index is 401. The van der Waals surface area contributed by atoms with E-state index in [-0.39, 0.29) is 11.7 Å². The van der Waals surface area contributed by atoms with Gasteiger partial charge in [0.2, 0.25) is 0 Å². The summed E-state index contributed by atoms with van der Waals surface area (Å²) in [5, 5.41) is 8.94. The molecule has 4 heteroatoms. The van der Waals surface area contributed by atoms with E-state index in [1.165, 1.54) is 12.1 Å². The topological polar surface area (TPSA) is 55.8 Å². The first-order chi connectivity index (χ1) is 8.58. The first-order valence-corrected chi connectivity index (χ1v) is 6.25. The van der Waals surface area contributed by atoms with Gasteiger partial charge in [0, 0.05) is 0 Å². The fourth-order valence-corrected chi connectivity index (χ4v) is 1.69. The molecule has 0 aliphatic rings. The van der Waals surface area contributed by atoms with Gasteiger partial charge in [-0.2, -0.15) is 0 Å². The molecule has 1 rings (SSSR count). The minimum Gasteiger partial charge on any atom is -0.490 e. The smallest absolute Gasteiger partial charge is 0.335 e. The van der Waals surface area contributed by atoms with Crippen molar-refractivity contribution in [3.8, 4) is 11.5 Å². The van der Waals surface area contributed by atoms with Gasteiger partial charge in [-0.1, -0.05) is 13.3 Å². The molecule has 1 N–H and O–H groups in total. The minimum absolute atomic E-state index is 0.0879. The molecule has 0 amide bonds. The van der Waals surface area contributed by atoms with E-state index in [2.05, 4.69) is 6.92 Å². The highest BCUT2D eigenvalue weighted by Gasteiger charge is 2.12. The van der Waals surface area contributed by atoms with E-state index in [1.807, 2.05) is 13.8 Å². The highest BCUT2D eigenvalue weighted by molar-refractivity contribution is 5.88. The molecule has 1 unspecified atom stereocenters. The van der Waals surface area contributed by atoms with E-state index >= 15 is 0 Å². The van der Waals surface area contributed by atoms with Crippen LogP contribution in [-0.4, -0.2) is 23.8 Å². The van der Waals surface area contributed by atoms with E-state index in [4.69, 9.17) is 14.6 Å². The van der Waals surface area contributed by atoms with Crippen molar-refractivity contribution in [3.63, 3.8) is 0 Å². The van der Waals surface area contributed by atoms with Crippen LogP contribution in [0.25, 0.3) is 0 Å². The van der Waals surface area contributed by atoms with Crippen LogP contribution in [-0.2, 0) is 0 Å². The minimum atomic E-state index is -0.968. The van der Waals surface area contributed by atoms with Gasteiger partial charge >= 0.3 is 5.97 Å². The van der Waals surface area contributed by atoms with Gasteiger partial charge in [0.1, 0.15) is 0 Å². The quantitative estimate of drug-likeness (QED) is 0.808. The van der Waals surface area contributed by atoms with Crippen molar-refractivity contribution in [3.05, 3.63) is 23.8 Å². The lowest BCUT2D eigenvalue weighted by Gasteiger charge is -2.17. The second-order valence-electron chi connectivity index (χ2n) is 4.12. The summed E-state index contributed by atoms with van der Waals surface area (Å²) in [6.07, 6.45) is 2.08. The fourth-order valence-electron chi connectivity index (χ4n) is 1.69. The molecule has 0 heterocycles. The highest BCUT2D eigenvalue weighted by atomic mass is 16.5. The van der Waals surface area contributed by atoms with Gasteiger partial charge in [-0.15, -0.1) is 0 Å². The van der Waals surface area contributed by atoms with E-state index in [0.717, 1.165) is 12.8 Å². The first-order valence-electron chi connectivity index (χ1n) is 6.25. The van der Waals surface area contributed by atoms with Crippen LogP contribution in [0.5, 0.6) is 11.5 Å². The Morgan fingerprint density at radius 3 is 2.61 bits per heavy atom. The maximum Gasteiger partial charge on any atom is 0.335 e. The van der Waals surface area contributed by atoms with Crippen molar-refractivity contribution in [1.29, 1.82) is 0 Å². The lowest BCUT2D eigenvalue weighted by Crippen LogP contribution is -2.12. The van der Waals surface area contributed by atoms with Crippen LogP contribution < -0.4 is 9.47 Å². The molecule has 1 atom stereocenters. The summed E-state index contributed by atoms with van der Waals surface area (Å²) >= 11 is 0. The number of ether oxygens (including phenoxy) is 2. The van der Waals surface area contributed by atoms with Crippen molar-refractivity contribution >= 4 is 5.97 Å². The molecule has 0 saturated heterocycles. The van der Waals surface area contributed by atoms with Gasteiger partial charge in [-0.3, -0.25) is 0 Å². The van der Waals surface area contributed by atoms with Crippen LogP contribution in [0, 0.1) is 0 Å². The van der Waals surface area contributed by atoms with E-state index in [0.29, 0.717) is 18.1 Å². The van der Waals surface area contributed by atoms with Crippen LogP contribution in [0.2, 0.25) is 0 Å². The van der Waals surface area contributed by atoms with Crippen molar-refractivity contribution in [2.45, 2.75) is 39.7 Å². The van der Waals surface area contributed by atoms with Crippen molar-refractivity contribution in [2.75, 3.05) is 6.61 Å². The summed E-state index contributed by atoms with van der Waals surface area (Å²) in [4.78, 5) is 10.9. The van der Waals surface area contributed by atoms with E-state index < -0.39 is 5.97 Å². The number of carboxylic acid groups (broad SMARTS) is 1. The average Bonchev–Trinajstić information content (AvgIpc) is 2.31. The monoisotopic (exact) mass is 252 g/mol. The third-order valence-electron chi connectivity index (χ3n) is 2.51. The lowest BCUT2D eigenvalue weighted by molar-refractivity contribution is 0.0696. The zero-order chi connectivity index (χ0) is 13.5. The number of hydrogen-bond donors (Lipinski definition) is 1. The van der Waals surface area contributed by atoms with Crippen molar-refractivity contribution < 1.29 is 19.4 Å². The second-order valence-corrected chi connectivity index (χ2v) is 4.12. The van der Waals surface area contributed by atoms with Gasteiger partial charge in [-0.05, 0) is 38.5 Å². The number of aromatic carboxylic acids is 1. The maximum absolute atomic E-state index is 10.9. The highest BCUT2D eigenvalue weighted by Crippen LogP contribution is 2.30. The molecule has 0 saturated carbocycles. The summed E-state index contributed by atoms with van der Waals surface area (Å²) < 4.78 is 11.2. The third-order valence-corrected chi connectivity index (χ3v) is 2.51. The zero-order valence-corrected chi connectivity index (χ0v) is 11.1. The number of carbonyl (C=O) groups is 1. The number of carboxylic acids is 1. The lowest BCUT2D eigenvalue weighted by atomic mass is 10.2. The van der Waals surface area contributed by atoms with Gasteiger partial charge < -0.3 is 14.6 Å². The predicted molar refractivity (Wildman–Crippen MR) is 69.6 cm³/mol. The Morgan fingerprint density at radius 1 is 1.33 bits per heavy atom. The van der Waals surface area contributed by atoms with Crippen LogP contribution in [0.1, 0.15) is 44.0 Å². The van der Waals surface area contributed by atoms with Crippen molar-refractivity contribution in [1.82, 2.24) is 0 Å². The predicted octanol–water partition coefficient (Wildman–Crippen LogP) is 3.35. The largest absolute Gasteiger partial charge is 0.490 e. The van der Waals surface area contributed by atoms with Crippen LogP contribution >= 0.6 is 0 Å². The Hall–Kier alpha value is -1.71. The number of hydrogen-bond acceptors (Lipinski definition) is 3. The van der Waals surface area contributed by atoms with Crippen LogP contribution in [0.4, 0.5) is 0 Å². The molecule has 0 radical (unpaired) electrons. The molecular weight excluding hydrogens is 232 g/mol. The number of rotatable bonds is 7. The molecular formula is C14H20O4. The molecule has 1 aromatic carbocycles. The molecule has 4 nitrogen and oxygen atoms in total. The third kappa shape index (κ3) is 3.95. The van der Waals surface area contributed by atoms with E-state index in [9.17, 15) is 4.79 Å². The standard InChI is InChI=1S/C14H20O4/c1-4-6-10(3)18-12-8-7-11(14(15)16)9-13(12)17-5-2/h7-10H,4-6H2,1-3H3,(H,15,16). The molecule has 0 fully saturated rings. The molecule has 0 aromatic heterocycles. The summed E-state index contributed by atoms with van der Waals surface area (Å²) in [6, 6.07) is 4.68. The maximum atomic E-state index is 10.9.